The second-order valence-corrected chi connectivity index (χ2v) is 27.4. The highest BCUT2D eigenvalue weighted by Gasteiger charge is 2.28. The first-order valence-corrected chi connectivity index (χ1v) is 37.4. The zero-order chi connectivity index (χ0) is 59.1. The number of nitrogens with zero attached hydrogens (tertiary/aromatic N) is 1. The minimum atomic E-state index is -4.36. The molecule has 3 N–H and O–H groups in total. The van der Waals surface area contributed by atoms with Crippen LogP contribution in [0.25, 0.3) is 0 Å². The van der Waals surface area contributed by atoms with Crippen LogP contribution in [0.1, 0.15) is 367 Å². The average molecular weight is 1160 g/mol. The Morgan fingerprint density at radius 1 is 0.407 bits per heavy atom. The number of aliphatic hydroxyl groups excluding tert-OH is 1. The molecule has 0 saturated carbocycles. The van der Waals surface area contributed by atoms with Gasteiger partial charge in [0.15, 0.2) is 0 Å². The molecule has 3 atom stereocenters. The van der Waals surface area contributed by atoms with E-state index < -0.39 is 20.0 Å². The maximum atomic E-state index is 13.1. The summed E-state index contributed by atoms with van der Waals surface area (Å²) in [5.74, 6) is -0.180. The molecule has 0 aromatic carbocycles. The maximum absolute atomic E-state index is 13.1. The van der Waals surface area contributed by atoms with Crippen LogP contribution in [0.15, 0.2) is 36.5 Å². The fourth-order valence-electron chi connectivity index (χ4n) is 11.0. The summed E-state index contributed by atoms with van der Waals surface area (Å²) in [5.41, 5.74) is 0. The lowest BCUT2D eigenvalue weighted by Gasteiger charge is -2.25. The number of phosphoric ester groups is 1. The van der Waals surface area contributed by atoms with Crippen molar-refractivity contribution in [2.45, 2.75) is 379 Å². The second-order valence-electron chi connectivity index (χ2n) is 26.0. The minimum Gasteiger partial charge on any atom is -0.387 e. The first-order valence-electron chi connectivity index (χ1n) is 35.9. The molecule has 0 aliphatic heterocycles. The van der Waals surface area contributed by atoms with E-state index in [0.717, 1.165) is 38.5 Å². The monoisotopic (exact) mass is 1160 g/mol. The Morgan fingerprint density at radius 2 is 0.679 bits per heavy atom. The van der Waals surface area contributed by atoms with E-state index in [1.165, 1.54) is 308 Å². The van der Waals surface area contributed by atoms with Crippen LogP contribution in [0.4, 0.5) is 0 Å². The van der Waals surface area contributed by atoms with Crippen molar-refractivity contribution in [2.24, 2.45) is 0 Å². The maximum Gasteiger partial charge on any atom is 0.472 e. The lowest BCUT2D eigenvalue weighted by Crippen LogP contribution is -2.45. The molecule has 1 amide bonds. The summed E-state index contributed by atoms with van der Waals surface area (Å²) in [6.45, 7) is 4.85. The molecule has 0 heterocycles. The largest absolute Gasteiger partial charge is 0.472 e. The van der Waals surface area contributed by atoms with Gasteiger partial charge in [0.25, 0.3) is 0 Å². The Hall–Kier alpha value is -1.28. The van der Waals surface area contributed by atoms with Crippen molar-refractivity contribution in [3.05, 3.63) is 36.5 Å². The highest BCUT2D eigenvalue weighted by molar-refractivity contribution is 7.47. The van der Waals surface area contributed by atoms with Gasteiger partial charge in [0.2, 0.25) is 5.91 Å². The normalized spacial score (nSPS) is 13.8. The number of amides is 1. The Morgan fingerprint density at radius 3 is 0.988 bits per heavy atom. The van der Waals surface area contributed by atoms with Gasteiger partial charge in [0.05, 0.1) is 39.9 Å². The van der Waals surface area contributed by atoms with Crippen molar-refractivity contribution in [3.63, 3.8) is 0 Å². The molecule has 0 radical (unpaired) electrons. The van der Waals surface area contributed by atoms with Crippen molar-refractivity contribution >= 4 is 13.7 Å². The fraction of sp³-hybridized carbons (Fsp3) is 0.903. The molecule has 0 rings (SSSR count). The highest BCUT2D eigenvalue weighted by atomic mass is 31.2. The summed E-state index contributed by atoms with van der Waals surface area (Å²) in [5, 5.41) is 14.0. The van der Waals surface area contributed by atoms with Gasteiger partial charge < -0.3 is 19.8 Å². The van der Waals surface area contributed by atoms with Gasteiger partial charge in [0.1, 0.15) is 13.2 Å². The van der Waals surface area contributed by atoms with Gasteiger partial charge in [-0.3, -0.25) is 13.8 Å². The number of aliphatic hydroxyl groups is 1. The number of hydrogen-bond acceptors (Lipinski definition) is 5. The van der Waals surface area contributed by atoms with E-state index in [4.69, 9.17) is 9.05 Å². The molecule has 0 saturated heterocycles. The van der Waals surface area contributed by atoms with Crippen LogP contribution in [-0.2, 0) is 18.4 Å². The van der Waals surface area contributed by atoms with Crippen LogP contribution in [-0.4, -0.2) is 73.4 Å². The number of likely N-dealkylation sites (N-methyl/N-ethyl adjacent to an activating group) is 1. The highest BCUT2D eigenvalue weighted by Crippen LogP contribution is 2.43. The van der Waals surface area contributed by atoms with Gasteiger partial charge in [-0.25, -0.2) is 4.57 Å². The number of carbonyl (C=O) groups excluding carboxylic acids is 1. The molecule has 0 aliphatic carbocycles. The smallest absolute Gasteiger partial charge is 0.387 e. The lowest BCUT2D eigenvalue weighted by atomic mass is 10.0. The van der Waals surface area contributed by atoms with Gasteiger partial charge in [-0.2, -0.15) is 0 Å². The topological polar surface area (TPSA) is 105 Å². The fourth-order valence-corrected chi connectivity index (χ4v) is 11.7. The van der Waals surface area contributed by atoms with E-state index in [2.05, 4.69) is 43.5 Å². The van der Waals surface area contributed by atoms with Crippen LogP contribution in [0.2, 0.25) is 0 Å². The summed E-state index contributed by atoms with van der Waals surface area (Å²) in [6, 6.07) is -0.864. The molecule has 8 nitrogen and oxygen atoms in total. The molecular weight excluding hydrogens is 1020 g/mol. The third kappa shape index (κ3) is 66.1. The summed E-state index contributed by atoms with van der Waals surface area (Å²) in [7, 11) is 1.57. The van der Waals surface area contributed by atoms with Crippen LogP contribution in [0, 0.1) is 0 Å². The number of unbranched alkanes of at least 4 members (excludes halogenated alkanes) is 50. The summed E-state index contributed by atoms with van der Waals surface area (Å²) in [6.07, 6.45) is 84.5. The summed E-state index contributed by atoms with van der Waals surface area (Å²) < 4.78 is 23.8. The number of allylic oxidation sites excluding steroid dienone is 5. The van der Waals surface area contributed by atoms with Crippen LogP contribution in [0.3, 0.4) is 0 Å². The molecule has 9 heteroatoms. The van der Waals surface area contributed by atoms with E-state index in [-0.39, 0.29) is 19.1 Å². The summed E-state index contributed by atoms with van der Waals surface area (Å²) in [4.78, 5) is 23.4. The average Bonchev–Trinajstić information content (AvgIpc) is 3.43. The predicted molar refractivity (Wildman–Crippen MR) is 355 cm³/mol. The second kappa shape index (κ2) is 63.2. The van der Waals surface area contributed by atoms with E-state index in [0.29, 0.717) is 17.4 Å². The van der Waals surface area contributed by atoms with Crippen molar-refractivity contribution in [1.29, 1.82) is 0 Å². The van der Waals surface area contributed by atoms with Gasteiger partial charge in [-0.15, -0.1) is 0 Å². The van der Waals surface area contributed by atoms with Crippen molar-refractivity contribution < 1.29 is 32.9 Å². The summed E-state index contributed by atoms with van der Waals surface area (Å²) >= 11 is 0. The molecule has 0 aliphatic rings. The van der Waals surface area contributed by atoms with E-state index >= 15 is 0 Å². The van der Waals surface area contributed by atoms with E-state index in [1.807, 2.05) is 27.2 Å². The molecule has 0 fully saturated rings. The van der Waals surface area contributed by atoms with Crippen LogP contribution >= 0.6 is 7.82 Å². The van der Waals surface area contributed by atoms with E-state index in [9.17, 15) is 19.4 Å². The number of hydrogen-bond donors (Lipinski definition) is 3. The van der Waals surface area contributed by atoms with Crippen molar-refractivity contribution in [3.8, 4) is 0 Å². The Bertz CT molecular complexity index is 1410. The molecule has 0 aromatic rings. The first kappa shape index (κ1) is 79.7. The third-order valence-electron chi connectivity index (χ3n) is 16.6. The predicted octanol–water partition coefficient (Wildman–Crippen LogP) is 22.8. The molecule has 0 spiro atoms. The first-order chi connectivity index (χ1) is 39.5. The van der Waals surface area contributed by atoms with E-state index in [1.54, 1.807) is 6.08 Å². The van der Waals surface area contributed by atoms with Gasteiger partial charge in [0, 0.05) is 6.42 Å². The van der Waals surface area contributed by atoms with Crippen LogP contribution in [0.5, 0.6) is 0 Å². The third-order valence-corrected chi connectivity index (χ3v) is 17.6. The SMILES string of the molecule is CCCCCCCCCC/C=C\CCCCCCCCCCCCCCCCCCCC(=O)NC(COP(=O)(O)OCC[N+](C)(C)C)C(O)/C=C/CC/C=C/CCCCCCCCCCCCCCCCCCCCCCCCCC. The molecule has 480 valence electrons. The molecule has 0 aromatic heterocycles. The zero-order valence-corrected chi connectivity index (χ0v) is 55.9. The van der Waals surface area contributed by atoms with Crippen LogP contribution < -0.4 is 5.32 Å². The van der Waals surface area contributed by atoms with Gasteiger partial charge in [-0.1, -0.05) is 339 Å². The van der Waals surface area contributed by atoms with Crippen molar-refractivity contribution in [2.75, 3.05) is 40.9 Å². The quantitative estimate of drug-likeness (QED) is 0.0243. The molecular formula is C72H142N2O6P+. The lowest BCUT2D eigenvalue weighted by molar-refractivity contribution is -0.870. The standard InChI is InChI=1S/C72H141N2O6P/c1-6-8-10-12-14-16-18-20-22-24-26-28-30-32-34-36-38-39-41-43-45-47-49-51-53-55-57-59-61-63-65-71(75)70(69-80-81(77,78)79-68-67-74(3,4)5)73-72(76)66-64-62-60-58-56-54-52-50-48-46-44-42-40-37-35-33-31-29-27-25-23-21-19-17-15-13-11-9-7-2/h25,27,55,57,63,65,70-71,75H,6-24,26,28-54,56,58-62,64,66-69H2,1-5H3,(H-,73,76,77,78)/p+1/b27-25-,57-55+,65-63+. The number of carbonyl (C=O) groups is 1. The Labute approximate surface area is 506 Å². The number of nitrogens with one attached hydrogen (secondary N) is 1. The molecule has 3 unspecified atom stereocenters. The molecule has 0 bridgehead atoms. The number of quaternary nitrogens is 1. The van der Waals surface area contributed by atoms with Gasteiger partial charge >= 0.3 is 7.82 Å². The number of rotatable bonds is 67. The van der Waals surface area contributed by atoms with Gasteiger partial charge in [-0.05, 0) is 57.8 Å². The van der Waals surface area contributed by atoms with Crippen molar-refractivity contribution in [1.82, 2.24) is 5.32 Å². The molecule has 81 heavy (non-hydrogen) atoms. The minimum absolute atomic E-state index is 0.0579. The Kier molecular flexibility index (Phi) is 62.2. The Balaban J connectivity index is 4.07. The number of phosphoric acid groups is 1. The zero-order valence-electron chi connectivity index (χ0n) is 55.1.